The van der Waals surface area contributed by atoms with E-state index in [1.165, 1.54) is 5.56 Å². The number of carbonyl (C=O) groups is 1. The third-order valence-corrected chi connectivity index (χ3v) is 3.06. The van der Waals surface area contributed by atoms with Crippen LogP contribution in [0.4, 0.5) is 10.5 Å². The lowest BCUT2D eigenvalue weighted by Crippen LogP contribution is -2.22. The van der Waals surface area contributed by atoms with Crippen LogP contribution in [-0.4, -0.2) is 19.1 Å². The molecule has 0 aliphatic rings. The monoisotopic (exact) mass is 263 g/mol. The van der Waals surface area contributed by atoms with Crippen molar-refractivity contribution in [1.82, 2.24) is 5.32 Å². The average molecular weight is 263 g/mol. The summed E-state index contributed by atoms with van der Waals surface area (Å²) in [5.41, 5.74) is 8.38. The summed E-state index contributed by atoms with van der Waals surface area (Å²) in [6.07, 6.45) is 2.01. The van der Waals surface area contributed by atoms with Crippen molar-refractivity contribution in [1.29, 1.82) is 0 Å². The molecule has 4 heteroatoms. The third-order valence-electron chi connectivity index (χ3n) is 3.06. The molecule has 0 atom stereocenters. The molecule has 106 valence electrons. The Labute approximate surface area is 115 Å². The molecular formula is C15H25N3O. The van der Waals surface area contributed by atoms with Crippen molar-refractivity contribution < 1.29 is 4.79 Å². The Morgan fingerprint density at radius 3 is 2.63 bits per heavy atom. The van der Waals surface area contributed by atoms with Crippen LogP contribution in [0, 0.1) is 0 Å². The normalized spacial score (nSPS) is 10.7. The van der Waals surface area contributed by atoms with Crippen molar-refractivity contribution >= 4 is 11.7 Å². The van der Waals surface area contributed by atoms with Crippen LogP contribution in [0.3, 0.4) is 0 Å². The van der Waals surface area contributed by atoms with Crippen LogP contribution >= 0.6 is 0 Å². The van der Waals surface area contributed by atoms with E-state index in [2.05, 4.69) is 43.5 Å². The van der Waals surface area contributed by atoms with E-state index in [1.807, 2.05) is 6.07 Å². The van der Waals surface area contributed by atoms with Crippen LogP contribution in [0.15, 0.2) is 18.2 Å². The molecule has 4 N–H and O–H groups in total. The van der Waals surface area contributed by atoms with Crippen molar-refractivity contribution in [3.05, 3.63) is 29.3 Å². The highest BCUT2D eigenvalue weighted by Gasteiger charge is 2.07. The molecule has 0 aliphatic carbocycles. The first-order valence-electron chi connectivity index (χ1n) is 6.94. The van der Waals surface area contributed by atoms with E-state index >= 15 is 0 Å². The van der Waals surface area contributed by atoms with Gasteiger partial charge in [-0.25, -0.2) is 4.79 Å². The second kappa shape index (κ2) is 7.79. The van der Waals surface area contributed by atoms with E-state index in [0.29, 0.717) is 5.92 Å². The number of hydrogen-bond acceptors (Lipinski definition) is 2. The molecule has 2 amide bonds. The van der Waals surface area contributed by atoms with Gasteiger partial charge in [-0.05, 0) is 49.0 Å². The Balaban J connectivity index is 2.79. The maximum atomic E-state index is 11.1. The minimum absolute atomic E-state index is 0.431. The molecule has 0 spiro atoms. The smallest absolute Gasteiger partial charge is 0.316 e. The van der Waals surface area contributed by atoms with Gasteiger partial charge in [0.05, 0.1) is 0 Å². The Bertz CT molecular complexity index is 416. The van der Waals surface area contributed by atoms with Gasteiger partial charge < -0.3 is 16.4 Å². The van der Waals surface area contributed by atoms with Crippen molar-refractivity contribution in [3.63, 3.8) is 0 Å². The fourth-order valence-corrected chi connectivity index (χ4v) is 1.95. The number of primary amides is 1. The maximum Gasteiger partial charge on any atom is 0.316 e. The Hall–Kier alpha value is -1.55. The maximum absolute atomic E-state index is 11.1. The van der Waals surface area contributed by atoms with Gasteiger partial charge in [0.1, 0.15) is 0 Å². The van der Waals surface area contributed by atoms with Crippen LogP contribution < -0.4 is 16.4 Å². The molecule has 0 aromatic heterocycles. The summed E-state index contributed by atoms with van der Waals surface area (Å²) in [6, 6.07) is 5.70. The number of urea groups is 1. The number of rotatable bonds is 7. The molecule has 0 aliphatic heterocycles. The van der Waals surface area contributed by atoms with Crippen molar-refractivity contribution in [2.45, 2.75) is 39.5 Å². The number of nitrogens with one attached hydrogen (secondary N) is 2. The lowest BCUT2D eigenvalue weighted by molar-refractivity contribution is 0.259. The highest BCUT2D eigenvalue weighted by atomic mass is 16.2. The van der Waals surface area contributed by atoms with E-state index in [1.54, 1.807) is 0 Å². The van der Waals surface area contributed by atoms with E-state index in [4.69, 9.17) is 5.73 Å². The van der Waals surface area contributed by atoms with Crippen LogP contribution in [-0.2, 0) is 6.42 Å². The number of benzene rings is 1. The summed E-state index contributed by atoms with van der Waals surface area (Å²) >= 11 is 0. The SMILES string of the molecule is CCCNCCc1ccc(C(C)C)cc1NC(N)=O. The van der Waals surface area contributed by atoms with E-state index in [0.717, 1.165) is 37.2 Å². The standard InChI is InChI=1S/C15H25N3O/c1-4-8-17-9-7-12-5-6-13(11(2)3)10-14(12)18-15(16)19/h5-6,10-11,17H,4,7-9H2,1-3H3,(H3,16,18,19). The van der Waals surface area contributed by atoms with Gasteiger partial charge in [-0.3, -0.25) is 0 Å². The van der Waals surface area contributed by atoms with E-state index < -0.39 is 6.03 Å². The first kappa shape index (κ1) is 15.5. The first-order valence-corrected chi connectivity index (χ1v) is 6.94. The van der Waals surface area contributed by atoms with E-state index in [9.17, 15) is 4.79 Å². The minimum atomic E-state index is -0.510. The molecule has 0 saturated carbocycles. The number of anilines is 1. The topological polar surface area (TPSA) is 67.2 Å². The molecule has 0 bridgehead atoms. The number of hydrogen-bond donors (Lipinski definition) is 3. The third kappa shape index (κ3) is 5.30. The van der Waals surface area contributed by atoms with E-state index in [-0.39, 0.29) is 0 Å². The van der Waals surface area contributed by atoms with Gasteiger partial charge in [0.2, 0.25) is 0 Å². The highest BCUT2D eigenvalue weighted by Crippen LogP contribution is 2.23. The summed E-state index contributed by atoms with van der Waals surface area (Å²) in [4.78, 5) is 11.1. The lowest BCUT2D eigenvalue weighted by atomic mass is 9.99. The molecule has 1 rings (SSSR count). The van der Waals surface area contributed by atoms with Crippen LogP contribution in [0.25, 0.3) is 0 Å². The van der Waals surface area contributed by atoms with Gasteiger partial charge in [-0.2, -0.15) is 0 Å². The van der Waals surface area contributed by atoms with Gasteiger partial charge in [0, 0.05) is 5.69 Å². The number of carbonyl (C=O) groups excluding carboxylic acids is 1. The summed E-state index contributed by atoms with van der Waals surface area (Å²) in [6.45, 7) is 8.33. The average Bonchev–Trinajstić information content (AvgIpc) is 2.35. The van der Waals surface area contributed by atoms with Crippen LogP contribution in [0.5, 0.6) is 0 Å². The molecule has 0 saturated heterocycles. The fourth-order valence-electron chi connectivity index (χ4n) is 1.95. The molecule has 1 aromatic rings. The van der Waals surface area contributed by atoms with Crippen LogP contribution in [0.1, 0.15) is 44.2 Å². The van der Waals surface area contributed by atoms with Crippen molar-refractivity contribution in [3.8, 4) is 0 Å². The van der Waals surface area contributed by atoms with Crippen molar-refractivity contribution in [2.24, 2.45) is 5.73 Å². The van der Waals surface area contributed by atoms with Crippen LogP contribution in [0.2, 0.25) is 0 Å². The quantitative estimate of drug-likeness (QED) is 0.662. The molecule has 1 aromatic carbocycles. The van der Waals surface area contributed by atoms with Gasteiger partial charge >= 0.3 is 6.03 Å². The summed E-state index contributed by atoms with van der Waals surface area (Å²) in [5.74, 6) is 0.431. The molecule has 19 heavy (non-hydrogen) atoms. The highest BCUT2D eigenvalue weighted by molar-refractivity contribution is 5.88. The molecular weight excluding hydrogens is 238 g/mol. The fraction of sp³-hybridized carbons (Fsp3) is 0.533. The summed E-state index contributed by atoms with van der Waals surface area (Å²) in [7, 11) is 0. The second-order valence-electron chi connectivity index (χ2n) is 5.06. The largest absolute Gasteiger partial charge is 0.351 e. The molecule has 0 fully saturated rings. The Morgan fingerprint density at radius 1 is 1.32 bits per heavy atom. The predicted octanol–water partition coefficient (Wildman–Crippen LogP) is 2.84. The zero-order chi connectivity index (χ0) is 14.3. The number of nitrogens with two attached hydrogens (primary N) is 1. The molecule has 0 heterocycles. The van der Waals surface area contributed by atoms with Gasteiger partial charge in [0.25, 0.3) is 0 Å². The summed E-state index contributed by atoms with van der Waals surface area (Å²) < 4.78 is 0. The predicted molar refractivity (Wildman–Crippen MR) is 80.6 cm³/mol. The molecule has 0 unspecified atom stereocenters. The first-order chi connectivity index (χ1) is 9.04. The zero-order valence-corrected chi connectivity index (χ0v) is 12.1. The van der Waals surface area contributed by atoms with Gasteiger partial charge in [-0.1, -0.05) is 32.9 Å². The summed E-state index contributed by atoms with van der Waals surface area (Å²) in [5, 5.41) is 6.08. The Morgan fingerprint density at radius 2 is 2.05 bits per heavy atom. The lowest BCUT2D eigenvalue weighted by Gasteiger charge is -2.14. The van der Waals surface area contributed by atoms with Crippen molar-refractivity contribution in [2.75, 3.05) is 18.4 Å². The zero-order valence-electron chi connectivity index (χ0n) is 12.1. The minimum Gasteiger partial charge on any atom is -0.351 e. The Kier molecular flexibility index (Phi) is 6.36. The molecule has 4 nitrogen and oxygen atoms in total. The second-order valence-corrected chi connectivity index (χ2v) is 5.06. The van der Waals surface area contributed by atoms with Gasteiger partial charge in [-0.15, -0.1) is 0 Å². The molecule has 0 radical (unpaired) electrons. The number of amides is 2. The van der Waals surface area contributed by atoms with Gasteiger partial charge in [0.15, 0.2) is 0 Å².